The molecule has 0 radical (unpaired) electrons. The van der Waals surface area contributed by atoms with E-state index in [4.69, 9.17) is 9.47 Å². The maximum atomic E-state index is 12.1. The van der Waals surface area contributed by atoms with E-state index in [0.29, 0.717) is 13.1 Å². The van der Waals surface area contributed by atoms with Crippen LogP contribution in [0.25, 0.3) is 0 Å². The molecule has 2 heterocycles. The molecule has 2 aliphatic heterocycles. The van der Waals surface area contributed by atoms with Crippen LogP contribution < -0.4 is 10.1 Å². The number of hydrogen-bond donors (Lipinski definition) is 1. The Kier molecular flexibility index (Phi) is 3.63. The largest absolute Gasteiger partial charge is 0.496 e. The molecule has 0 aromatic heterocycles. The number of nitrogens with zero attached hydrogens (tertiary/aromatic N) is 1. The van der Waals surface area contributed by atoms with Crippen LogP contribution in [0.3, 0.4) is 0 Å². The van der Waals surface area contributed by atoms with Gasteiger partial charge in [-0.15, -0.1) is 0 Å². The van der Waals surface area contributed by atoms with E-state index in [1.807, 2.05) is 29.2 Å². The van der Waals surface area contributed by atoms with Crippen molar-refractivity contribution in [1.29, 1.82) is 0 Å². The van der Waals surface area contributed by atoms with Crippen LogP contribution in [0.15, 0.2) is 24.3 Å². The normalized spacial score (nSPS) is 26.2. The first kappa shape index (κ1) is 13.4. The Morgan fingerprint density at radius 1 is 1.45 bits per heavy atom. The highest BCUT2D eigenvalue weighted by atomic mass is 16.5. The van der Waals surface area contributed by atoms with Gasteiger partial charge in [-0.2, -0.15) is 0 Å². The van der Waals surface area contributed by atoms with Crippen molar-refractivity contribution in [3.8, 4) is 5.75 Å². The molecule has 2 saturated heterocycles. The summed E-state index contributed by atoms with van der Waals surface area (Å²) in [6, 6.07) is 7.83. The van der Waals surface area contributed by atoms with E-state index in [-0.39, 0.29) is 18.1 Å². The van der Waals surface area contributed by atoms with Gasteiger partial charge in [0.1, 0.15) is 12.4 Å². The van der Waals surface area contributed by atoms with Gasteiger partial charge in [-0.3, -0.25) is 4.79 Å². The van der Waals surface area contributed by atoms with E-state index >= 15 is 0 Å². The van der Waals surface area contributed by atoms with Crippen LogP contribution in [0.2, 0.25) is 0 Å². The molecule has 5 heteroatoms. The Morgan fingerprint density at radius 3 is 3.05 bits per heavy atom. The summed E-state index contributed by atoms with van der Waals surface area (Å²) in [7, 11) is 1.66. The van der Waals surface area contributed by atoms with Crippen LogP contribution in [0.5, 0.6) is 5.75 Å². The zero-order chi connectivity index (χ0) is 14.0. The third-order valence-electron chi connectivity index (χ3n) is 4.09. The molecule has 5 nitrogen and oxygen atoms in total. The summed E-state index contributed by atoms with van der Waals surface area (Å²) in [5, 5.41) is 3.32. The standard InChI is InChI=1S/C15H20N2O3/c1-19-13-5-3-2-4-12(13)8-17-11-15(6-7-16-10-15)20-9-14(17)18/h2-5,16H,6-11H2,1H3. The first-order chi connectivity index (χ1) is 9.72. The Morgan fingerprint density at radius 2 is 2.30 bits per heavy atom. The molecule has 2 fully saturated rings. The number of carbonyl (C=O) groups excluding carboxylic acids is 1. The molecule has 0 aliphatic carbocycles. The summed E-state index contributed by atoms with van der Waals surface area (Å²) in [5.41, 5.74) is 0.835. The lowest BCUT2D eigenvalue weighted by atomic mass is 10.00. The quantitative estimate of drug-likeness (QED) is 0.886. The van der Waals surface area contributed by atoms with Crippen molar-refractivity contribution >= 4 is 5.91 Å². The van der Waals surface area contributed by atoms with Crippen LogP contribution in [0.4, 0.5) is 0 Å². The van der Waals surface area contributed by atoms with E-state index in [2.05, 4.69) is 5.32 Å². The number of ether oxygens (including phenoxy) is 2. The fourth-order valence-electron chi connectivity index (χ4n) is 2.95. The van der Waals surface area contributed by atoms with Gasteiger partial charge < -0.3 is 19.7 Å². The molecule has 1 amide bonds. The van der Waals surface area contributed by atoms with Gasteiger partial charge in [-0.1, -0.05) is 18.2 Å². The SMILES string of the molecule is COc1ccccc1CN1CC2(CCNC2)OCC1=O. The molecule has 20 heavy (non-hydrogen) atoms. The molecule has 0 bridgehead atoms. The van der Waals surface area contributed by atoms with Crippen molar-refractivity contribution in [3.63, 3.8) is 0 Å². The van der Waals surface area contributed by atoms with Gasteiger partial charge in [-0.25, -0.2) is 0 Å². The second kappa shape index (κ2) is 5.42. The first-order valence-corrected chi connectivity index (χ1v) is 6.97. The van der Waals surface area contributed by atoms with Gasteiger partial charge >= 0.3 is 0 Å². The lowest BCUT2D eigenvalue weighted by Gasteiger charge is -2.39. The number of benzene rings is 1. The highest BCUT2D eigenvalue weighted by molar-refractivity contribution is 5.78. The van der Waals surface area contributed by atoms with Gasteiger partial charge in [-0.05, 0) is 19.0 Å². The van der Waals surface area contributed by atoms with Crippen LogP contribution in [-0.2, 0) is 16.1 Å². The second-order valence-electron chi connectivity index (χ2n) is 5.46. The number of hydrogen-bond acceptors (Lipinski definition) is 4. The number of carbonyl (C=O) groups is 1. The predicted octanol–water partition coefficient (Wildman–Crippen LogP) is 0.786. The predicted molar refractivity (Wildman–Crippen MR) is 74.6 cm³/mol. The van der Waals surface area contributed by atoms with Gasteiger partial charge in [0, 0.05) is 18.7 Å². The van der Waals surface area contributed by atoms with E-state index in [9.17, 15) is 4.79 Å². The van der Waals surface area contributed by atoms with Crippen molar-refractivity contribution < 1.29 is 14.3 Å². The lowest BCUT2D eigenvalue weighted by Crippen LogP contribution is -2.55. The number of rotatable bonds is 3. The molecular formula is C15H20N2O3. The number of morpholine rings is 1. The van der Waals surface area contributed by atoms with Gasteiger partial charge in [0.25, 0.3) is 0 Å². The number of nitrogens with one attached hydrogen (secondary N) is 1. The summed E-state index contributed by atoms with van der Waals surface area (Å²) < 4.78 is 11.1. The van der Waals surface area contributed by atoms with Crippen molar-refractivity contribution in [2.24, 2.45) is 0 Å². The maximum Gasteiger partial charge on any atom is 0.249 e. The van der Waals surface area contributed by atoms with E-state index < -0.39 is 0 Å². The molecule has 2 aliphatic rings. The lowest BCUT2D eigenvalue weighted by molar-refractivity contribution is -0.161. The highest BCUT2D eigenvalue weighted by Crippen LogP contribution is 2.27. The zero-order valence-corrected chi connectivity index (χ0v) is 11.7. The third-order valence-corrected chi connectivity index (χ3v) is 4.09. The maximum absolute atomic E-state index is 12.1. The van der Waals surface area contributed by atoms with Crippen molar-refractivity contribution in [1.82, 2.24) is 10.2 Å². The summed E-state index contributed by atoms with van der Waals surface area (Å²) in [4.78, 5) is 14.0. The van der Waals surface area contributed by atoms with Crippen LogP contribution in [0.1, 0.15) is 12.0 Å². The molecule has 1 N–H and O–H groups in total. The molecular weight excluding hydrogens is 256 g/mol. The van der Waals surface area contributed by atoms with Crippen molar-refractivity contribution in [3.05, 3.63) is 29.8 Å². The Hall–Kier alpha value is -1.59. The first-order valence-electron chi connectivity index (χ1n) is 6.97. The Bertz CT molecular complexity index is 498. The average Bonchev–Trinajstić information content (AvgIpc) is 2.92. The fraction of sp³-hybridized carbons (Fsp3) is 0.533. The molecule has 1 atom stereocenters. The van der Waals surface area contributed by atoms with Crippen LogP contribution in [0, 0.1) is 0 Å². The fourth-order valence-corrected chi connectivity index (χ4v) is 2.95. The minimum Gasteiger partial charge on any atom is -0.496 e. The second-order valence-corrected chi connectivity index (χ2v) is 5.46. The van der Waals surface area contributed by atoms with Gasteiger partial charge in [0.15, 0.2) is 0 Å². The van der Waals surface area contributed by atoms with E-state index in [1.165, 1.54) is 0 Å². The molecule has 3 rings (SSSR count). The molecule has 0 saturated carbocycles. The van der Waals surface area contributed by atoms with Gasteiger partial charge in [0.05, 0.1) is 19.3 Å². The molecule has 108 valence electrons. The Balaban J connectivity index is 1.76. The molecule has 1 spiro atoms. The summed E-state index contributed by atoms with van der Waals surface area (Å²) in [6.07, 6.45) is 0.961. The van der Waals surface area contributed by atoms with E-state index in [1.54, 1.807) is 7.11 Å². The van der Waals surface area contributed by atoms with Crippen LogP contribution in [-0.4, -0.2) is 49.8 Å². The molecule has 1 aromatic carbocycles. The monoisotopic (exact) mass is 276 g/mol. The van der Waals surface area contributed by atoms with Crippen molar-refractivity contribution in [2.45, 2.75) is 18.6 Å². The minimum atomic E-state index is -0.198. The summed E-state index contributed by atoms with van der Waals surface area (Å²) >= 11 is 0. The Labute approximate surface area is 118 Å². The highest BCUT2D eigenvalue weighted by Gasteiger charge is 2.42. The number of methoxy groups -OCH3 is 1. The van der Waals surface area contributed by atoms with Crippen LogP contribution >= 0.6 is 0 Å². The third kappa shape index (κ3) is 2.51. The zero-order valence-electron chi connectivity index (χ0n) is 11.7. The smallest absolute Gasteiger partial charge is 0.249 e. The summed E-state index contributed by atoms with van der Waals surface area (Å²) in [6.45, 7) is 3.18. The van der Waals surface area contributed by atoms with Gasteiger partial charge in [0.2, 0.25) is 5.91 Å². The summed E-state index contributed by atoms with van der Waals surface area (Å²) in [5.74, 6) is 0.874. The molecule has 1 aromatic rings. The minimum absolute atomic E-state index is 0.0495. The molecule has 1 unspecified atom stereocenters. The number of amides is 1. The average molecular weight is 276 g/mol. The van der Waals surface area contributed by atoms with Crippen molar-refractivity contribution in [2.75, 3.05) is 33.4 Å². The topological polar surface area (TPSA) is 50.8 Å². The number of para-hydroxylation sites is 1. The van der Waals surface area contributed by atoms with E-state index in [0.717, 1.165) is 30.8 Å².